The lowest BCUT2D eigenvalue weighted by molar-refractivity contribution is -0.0358. The lowest BCUT2D eigenvalue weighted by Gasteiger charge is -2.45. The van der Waals surface area contributed by atoms with Crippen molar-refractivity contribution in [2.45, 2.75) is 30.6 Å². The molecule has 0 aromatic heterocycles. The highest BCUT2D eigenvalue weighted by molar-refractivity contribution is 5.38. The number of halogens is 2. The molecule has 0 aliphatic carbocycles. The molecular formula is C32H31F2NO2. The number of likely N-dealkylation sites (tertiary alicyclic amines) is 1. The van der Waals surface area contributed by atoms with Gasteiger partial charge in [0.15, 0.2) is 0 Å². The molecule has 3 nitrogen and oxygen atoms in total. The molecule has 2 unspecified atom stereocenters. The van der Waals surface area contributed by atoms with Crippen molar-refractivity contribution in [2.24, 2.45) is 5.92 Å². The van der Waals surface area contributed by atoms with Gasteiger partial charge in [0.05, 0.1) is 12.1 Å². The summed E-state index contributed by atoms with van der Waals surface area (Å²) in [5, 5.41) is 23.6. The molecule has 1 saturated heterocycles. The molecule has 0 bridgehead atoms. The molecule has 4 aromatic carbocycles. The van der Waals surface area contributed by atoms with Crippen LogP contribution in [0.5, 0.6) is 0 Å². The molecule has 190 valence electrons. The van der Waals surface area contributed by atoms with Gasteiger partial charge in [0.25, 0.3) is 0 Å². The summed E-state index contributed by atoms with van der Waals surface area (Å²) in [7, 11) is 0. The van der Waals surface area contributed by atoms with Gasteiger partial charge in [0.1, 0.15) is 17.2 Å². The molecule has 0 amide bonds. The van der Waals surface area contributed by atoms with Gasteiger partial charge in [-0.3, -0.25) is 4.90 Å². The average molecular weight is 500 g/mol. The Morgan fingerprint density at radius 2 is 1.08 bits per heavy atom. The standard InChI is InChI=1S/C32H31F2NO2/c33-28-15-11-25(12-16-28)32(37,26-13-17-29(34)18-14-26)27-19-21-35(22-20-27)30(23-7-3-1-4-8-23)31(36)24-9-5-2-6-10-24/h1-18,27,30-31,36-37H,19-22H2. The maximum atomic E-state index is 13.7. The van der Waals surface area contributed by atoms with E-state index in [1.165, 1.54) is 24.3 Å². The third-order valence-corrected chi connectivity index (χ3v) is 7.66. The van der Waals surface area contributed by atoms with Crippen LogP contribution in [0.25, 0.3) is 0 Å². The number of aliphatic hydroxyl groups excluding tert-OH is 1. The fourth-order valence-electron chi connectivity index (χ4n) is 5.72. The molecule has 5 rings (SSSR count). The number of hydrogen-bond acceptors (Lipinski definition) is 3. The van der Waals surface area contributed by atoms with E-state index in [0.29, 0.717) is 37.1 Å². The molecule has 1 aliphatic heterocycles. The lowest BCUT2D eigenvalue weighted by Crippen LogP contribution is -2.46. The molecule has 1 aliphatic rings. The molecule has 0 radical (unpaired) electrons. The smallest absolute Gasteiger partial charge is 0.123 e. The number of nitrogens with zero attached hydrogens (tertiary/aromatic N) is 1. The van der Waals surface area contributed by atoms with E-state index in [9.17, 15) is 19.0 Å². The van der Waals surface area contributed by atoms with Gasteiger partial charge < -0.3 is 10.2 Å². The minimum absolute atomic E-state index is 0.176. The van der Waals surface area contributed by atoms with Crippen LogP contribution in [0.2, 0.25) is 0 Å². The van der Waals surface area contributed by atoms with E-state index >= 15 is 0 Å². The molecule has 0 saturated carbocycles. The molecule has 2 N–H and O–H groups in total. The van der Waals surface area contributed by atoms with Gasteiger partial charge in [-0.05, 0) is 78.4 Å². The van der Waals surface area contributed by atoms with Crippen LogP contribution in [0.4, 0.5) is 8.78 Å². The predicted octanol–water partition coefficient (Wildman–Crippen LogP) is 6.39. The van der Waals surface area contributed by atoms with Crippen molar-refractivity contribution in [3.05, 3.63) is 143 Å². The Kier molecular flexibility index (Phi) is 7.47. The van der Waals surface area contributed by atoms with E-state index in [1.54, 1.807) is 24.3 Å². The minimum Gasteiger partial charge on any atom is -0.386 e. The van der Waals surface area contributed by atoms with E-state index < -0.39 is 11.7 Å². The number of piperidine rings is 1. The monoisotopic (exact) mass is 499 g/mol. The summed E-state index contributed by atoms with van der Waals surface area (Å²) in [6, 6.07) is 31.3. The lowest BCUT2D eigenvalue weighted by atomic mass is 9.71. The van der Waals surface area contributed by atoms with Gasteiger partial charge in [-0.1, -0.05) is 84.9 Å². The third kappa shape index (κ3) is 5.21. The van der Waals surface area contributed by atoms with Crippen LogP contribution in [0.3, 0.4) is 0 Å². The largest absolute Gasteiger partial charge is 0.386 e. The molecule has 1 heterocycles. The van der Waals surface area contributed by atoms with Gasteiger partial charge in [-0.25, -0.2) is 8.78 Å². The highest BCUT2D eigenvalue weighted by Crippen LogP contribution is 2.44. The molecule has 1 fully saturated rings. The van der Waals surface area contributed by atoms with E-state index in [0.717, 1.165) is 11.1 Å². The van der Waals surface area contributed by atoms with Crippen molar-refractivity contribution in [2.75, 3.05) is 13.1 Å². The van der Waals surface area contributed by atoms with Crippen molar-refractivity contribution in [3.63, 3.8) is 0 Å². The summed E-state index contributed by atoms with van der Waals surface area (Å²) in [6.45, 7) is 1.30. The van der Waals surface area contributed by atoms with Crippen LogP contribution in [-0.4, -0.2) is 28.2 Å². The number of hydrogen-bond donors (Lipinski definition) is 2. The Balaban J connectivity index is 1.44. The predicted molar refractivity (Wildman–Crippen MR) is 141 cm³/mol. The topological polar surface area (TPSA) is 43.7 Å². The molecule has 2 atom stereocenters. The molecule has 0 spiro atoms. The second kappa shape index (κ2) is 10.9. The van der Waals surface area contributed by atoms with Gasteiger partial charge in [-0.2, -0.15) is 0 Å². The first-order chi connectivity index (χ1) is 18.0. The summed E-state index contributed by atoms with van der Waals surface area (Å²) in [4.78, 5) is 2.28. The second-order valence-electron chi connectivity index (χ2n) is 9.80. The zero-order valence-corrected chi connectivity index (χ0v) is 20.6. The Hall–Kier alpha value is -3.38. The Morgan fingerprint density at radius 3 is 1.54 bits per heavy atom. The van der Waals surface area contributed by atoms with Crippen LogP contribution in [-0.2, 0) is 5.60 Å². The average Bonchev–Trinajstić information content (AvgIpc) is 2.95. The number of aliphatic hydroxyl groups is 2. The summed E-state index contributed by atoms with van der Waals surface area (Å²) in [5.41, 5.74) is 1.66. The second-order valence-corrected chi connectivity index (χ2v) is 9.80. The molecule has 37 heavy (non-hydrogen) atoms. The van der Waals surface area contributed by atoms with Gasteiger partial charge in [-0.15, -0.1) is 0 Å². The van der Waals surface area contributed by atoms with E-state index in [-0.39, 0.29) is 23.6 Å². The molecular weight excluding hydrogens is 468 g/mol. The van der Waals surface area contributed by atoms with Crippen molar-refractivity contribution in [3.8, 4) is 0 Å². The van der Waals surface area contributed by atoms with E-state index in [1.807, 2.05) is 60.7 Å². The molecule has 5 heteroatoms. The van der Waals surface area contributed by atoms with Crippen LogP contribution in [0, 0.1) is 17.6 Å². The zero-order chi connectivity index (χ0) is 25.8. The first kappa shape index (κ1) is 25.3. The van der Waals surface area contributed by atoms with E-state index in [2.05, 4.69) is 4.90 Å². The highest BCUT2D eigenvalue weighted by Gasteiger charge is 2.43. The fourth-order valence-corrected chi connectivity index (χ4v) is 5.72. The van der Waals surface area contributed by atoms with Crippen LogP contribution < -0.4 is 0 Å². The first-order valence-corrected chi connectivity index (χ1v) is 12.7. The minimum atomic E-state index is -1.40. The fraction of sp³-hybridized carbons (Fsp3) is 0.250. The molecule has 4 aromatic rings. The SMILES string of the molecule is OC(c1ccccc1)C(c1ccccc1)N1CCC(C(O)(c2ccc(F)cc2)c2ccc(F)cc2)CC1. The Labute approximate surface area is 216 Å². The third-order valence-electron chi connectivity index (χ3n) is 7.66. The van der Waals surface area contributed by atoms with Crippen molar-refractivity contribution < 1.29 is 19.0 Å². The Bertz CT molecular complexity index is 1230. The first-order valence-electron chi connectivity index (χ1n) is 12.7. The summed E-state index contributed by atoms with van der Waals surface area (Å²) in [6.07, 6.45) is 0.583. The zero-order valence-electron chi connectivity index (χ0n) is 20.6. The van der Waals surface area contributed by atoms with E-state index in [4.69, 9.17) is 0 Å². The summed E-state index contributed by atoms with van der Waals surface area (Å²) >= 11 is 0. The summed E-state index contributed by atoms with van der Waals surface area (Å²) in [5.74, 6) is -0.925. The van der Waals surface area contributed by atoms with Crippen molar-refractivity contribution in [1.29, 1.82) is 0 Å². The maximum Gasteiger partial charge on any atom is 0.123 e. The van der Waals surface area contributed by atoms with Crippen molar-refractivity contribution in [1.82, 2.24) is 4.90 Å². The Morgan fingerprint density at radius 1 is 0.649 bits per heavy atom. The quantitative estimate of drug-likeness (QED) is 0.310. The maximum absolute atomic E-state index is 13.7. The highest BCUT2D eigenvalue weighted by atomic mass is 19.1. The van der Waals surface area contributed by atoms with Crippen LogP contribution in [0.1, 0.15) is 47.2 Å². The van der Waals surface area contributed by atoms with Gasteiger partial charge in [0, 0.05) is 0 Å². The number of rotatable bonds is 7. The van der Waals surface area contributed by atoms with Crippen LogP contribution in [0.15, 0.2) is 109 Å². The summed E-state index contributed by atoms with van der Waals surface area (Å²) < 4.78 is 27.5. The number of benzene rings is 4. The van der Waals surface area contributed by atoms with Gasteiger partial charge >= 0.3 is 0 Å². The van der Waals surface area contributed by atoms with Crippen molar-refractivity contribution >= 4 is 0 Å². The normalized spacial score (nSPS) is 16.9. The van der Waals surface area contributed by atoms with Gasteiger partial charge in [0.2, 0.25) is 0 Å². The van der Waals surface area contributed by atoms with Crippen LogP contribution >= 0.6 is 0 Å².